The normalized spacial score (nSPS) is 17.7. The fraction of sp³-hybridized carbons (Fsp3) is 0.562. The van der Waals surface area contributed by atoms with E-state index in [9.17, 15) is 9.59 Å². The Bertz CT molecular complexity index is 799. The molecule has 2 aromatic rings. The second-order valence-electron chi connectivity index (χ2n) is 6.06. The van der Waals surface area contributed by atoms with Crippen molar-refractivity contribution in [2.75, 3.05) is 19.7 Å². The average molecular weight is 346 g/mol. The van der Waals surface area contributed by atoms with Gasteiger partial charge in [0.05, 0.1) is 18.8 Å². The van der Waals surface area contributed by atoms with Gasteiger partial charge in [0, 0.05) is 19.0 Å². The topological polar surface area (TPSA) is 106 Å². The molecule has 1 fully saturated rings. The molecule has 0 bridgehead atoms. The molecular formula is C16H22N6O3. The van der Waals surface area contributed by atoms with E-state index in [1.165, 1.54) is 10.7 Å². The zero-order valence-corrected chi connectivity index (χ0v) is 14.4. The Morgan fingerprint density at radius 1 is 1.44 bits per heavy atom. The van der Waals surface area contributed by atoms with E-state index in [2.05, 4.69) is 27.2 Å². The van der Waals surface area contributed by atoms with Crippen molar-refractivity contribution in [2.24, 2.45) is 0 Å². The van der Waals surface area contributed by atoms with Gasteiger partial charge in [0.25, 0.3) is 5.56 Å². The van der Waals surface area contributed by atoms with Gasteiger partial charge in [-0.15, -0.1) is 0 Å². The molecule has 9 heteroatoms. The van der Waals surface area contributed by atoms with Gasteiger partial charge in [-0.25, -0.2) is 9.67 Å². The monoisotopic (exact) mass is 346 g/mol. The lowest BCUT2D eigenvalue weighted by Crippen LogP contribution is -2.45. The predicted octanol–water partition coefficient (Wildman–Crippen LogP) is 0.222. The Hall–Kier alpha value is -2.55. The van der Waals surface area contributed by atoms with E-state index < -0.39 is 0 Å². The highest BCUT2D eigenvalue weighted by Crippen LogP contribution is 2.19. The summed E-state index contributed by atoms with van der Waals surface area (Å²) in [5.74, 6) is 1.21. The quantitative estimate of drug-likeness (QED) is 0.830. The van der Waals surface area contributed by atoms with Crippen molar-refractivity contribution in [3.05, 3.63) is 39.8 Å². The number of nitrogens with zero attached hydrogens (tertiary/aromatic N) is 5. The second-order valence-corrected chi connectivity index (χ2v) is 6.06. The first kappa shape index (κ1) is 17.3. The summed E-state index contributed by atoms with van der Waals surface area (Å²) in [6, 6.07) is 3.05. The maximum atomic E-state index is 12.5. The maximum absolute atomic E-state index is 12.5. The minimum Gasteiger partial charge on any atom is -0.366 e. The van der Waals surface area contributed by atoms with Crippen molar-refractivity contribution in [1.29, 1.82) is 0 Å². The molecule has 25 heavy (non-hydrogen) atoms. The van der Waals surface area contributed by atoms with Crippen LogP contribution in [-0.4, -0.2) is 55.5 Å². The lowest BCUT2D eigenvalue weighted by atomic mass is 10.2. The fourth-order valence-corrected chi connectivity index (χ4v) is 2.73. The zero-order valence-electron chi connectivity index (χ0n) is 14.4. The van der Waals surface area contributed by atoms with Crippen LogP contribution >= 0.6 is 0 Å². The van der Waals surface area contributed by atoms with Gasteiger partial charge in [-0.1, -0.05) is 6.92 Å². The van der Waals surface area contributed by atoms with Gasteiger partial charge >= 0.3 is 0 Å². The Morgan fingerprint density at radius 3 is 3.08 bits per heavy atom. The maximum Gasteiger partial charge on any atom is 0.267 e. The smallest absolute Gasteiger partial charge is 0.267 e. The Morgan fingerprint density at radius 2 is 2.28 bits per heavy atom. The van der Waals surface area contributed by atoms with Crippen LogP contribution in [0.1, 0.15) is 36.8 Å². The number of amides is 1. The van der Waals surface area contributed by atoms with E-state index in [-0.39, 0.29) is 24.1 Å². The van der Waals surface area contributed by atoms with Crippen LogP contribution in [-0.2, 0) is 22.5 Å². The lowest BCUT2D eigenvalue weighted by molar-refractivity contribution is -0.140. The van der Waals surface area contributed by atoms with E-state index in [0.717, 1.165) is 18.7 Å². The number of carbonyl (C=O) groups is 1. The van der Waals surface area contributed by atoms with Crippen LogP contribution in [0, 0.1) is 6.92 Å². The summed E-state index contributed by atoms with van der Waals surface area (Å²) in [5, 5.41) is 11.2. The highest BCUT2D eigenvalue weighted by atomic mass is 16.5. The molecule has 0 radical (unpaired) electrons. The number of nitrogens with one attached hydrogen (secondary N) is 1. The van der Waals surface area contributed by atoms with Crippen LogP contribution in [0.4, 0.5) is 0 Å². The molecule has 2 aromatic heterocycles. The molecule has 0 aliphatic carbocycles. The van der Waals surface area contributed by atoms with Gasteiger partial charge in [-0.3, -0.25) is 14.7 Å². The highest BCUT2D eigenvalue weighted by molar-refractivity contribution is 5.76. The molecule has 1 N–H and O–H groups in total. The SMILES string of the molecule is CCCc1nc(C2CN(C(=O)Cn3nc(C)ccc3=O)CCO2)n[nH]1. The van der Waals surface area contributed by atoms with E-state index in [0.29, 0.717) is 31.2 Å². The number of aryl methyl sites for hydroxylation is 2. The third kappa shape index (κ3) is 4.11. The minimum absolute atomic E-state index is 0.0810. The Kier molecular flexibility index (Phi) is 5.22. The average Bonchev–Trinajstić information content (AvgIpc) is 3.07. The molecule has 0 spiro atoms. The summed E-state index contributed by atoms with van der Waals surface area (Å²) in [6.07, 6.45) is 1.44. The summed E-state index contributed by atoms with van der Waals surface area (Å²) in [4.78, 5) is 30.5. The molecule has 1 aliphatic rings. The number of H-pyrrole nitrogens is 1. The van der Waals surface area contributed by atoms with E-state index in [1.54, 1.807) is 17.9 Å². The van der Waals surface area contributed by atoms with Crippen molar-refractivity contribution < 1.29 is 9.53 Å². The number of ether oxygens (including phenoxy) is 1. The summed E-state index contributed by atoms with van der Waals surface area (Å²) in [5.41, 5.74) is 0.401. The minimum atomic E-state index is -0.359. The molecule has 1 aliphatic heterocycles. The van der Waals surface area contributed by atoms with Crippen molar-refractivity contribution in [3.8, 4) is 0 Å². The third-order valence-corrected chi connectivity index (χ3v) is 4.03. The fourth-order valence-electron chi connectivity index (χ4n) is 2.73. The molecule has 1 amide bonds. The summed E-state index contributed by atoms with van der Waals surface area (Å²) >= 11 is 0. The third-order valence-electron chi connectivity index (χ3n) is 4.03. The zero-order chi connectivity index (χ0) is 17.8. The van der Waals surface area contributed by atoms with Gasteiger partial charge in [0.2, 0.25) is 5.91 Å². The number of hydrogen-bond donors (Lipinski definition) is 1. The first-order valence-electron chi connectivity index (χ1n) is 8.42. The van der Waals surface area contributed by atoms with E-state index in [1.807, 2.05) is 0 Å². The van der Waals surface area contributed by atoms with Crippen molar-refractivity contribution in [2.45, 2.75) is 39.3 Å². The largest absolute Gasteiger partial charge is 0.366 e. The number of carbonyl (C=O) groups excluding carboxylic acids is 1. The number of morpholine rings is 1. The van der Waals surface area contributed by atoms with Crippen molar-refractivity contribution >= 4 is 5.91 Å². The standard InChI is InChI=1S/C16H22N6O3/c1-3-4-13-17-16(19-18-13)12-9-21(7-8-25-12)15(24)10-22-14(23)6-5-11(2)20-22/h5-6,12H,3-4,7-10H2,1-2H3,(H,17,18,19). The molecule has 1 atom stereocenters. The molecule has 134 valence electrons. The van der Waals surface area contributed by atoms with Crippen LogP contribution in [0.15, 0.2) is 16.9 Å². The predicted molar refractivity (Wildman–Crippen MR) is 88.9 cm³/mol. The number of aromatic amines is 1. The molecule has 3 heterocycles. The molecule has 1 saturated heterocycles. The van der Waals surface area contributed by atoms with Gasteiger partial charge in [-0.05, 0) is 19.4 Å². The van der Waals surface area contributed by atoms with Crippen LogP contribution in [0.5, 0.6) is 0 Å². The number of rotatable bonds is 5. The van der Waals surface area contributed by atoms with Crippen molar-refractivity contribution in [3.63, 3.8) is 0 Å². The molecule has 9 nitrogen and oxygen atoms in total. The summed E-state index contributed by atoms with van der Waals surface area (Å²) in [6.45, 7) is 5.01. The number of aromatic nitrogens is 5. The Labute approximate surface area is 145 Å². The number of hydrogen-bond acceptors (Lipinski definition) is 6. The van der Waals surface area contributed by atoms with Gasteiger partial charge in [-0.2, -0.15) is 10.2 Å². The highest BCUT2D eigenvalue weighted by Gasteiger charge is 2.28. The lowest BCUT2D eigenvalue weighted by Gasteiger charge is -2.31. The molecule has 0 saturated carbocycles. The molecular weight excluding hydrogens is 324 g/mol. The van der Waals surface area contributed by atoms with E-state index in [4.69, 9.17) is 4.74 Å². The van der Waals surface area contributed by atoms with Crippen molar-refractivity contribution in [1.82, 2.24) is 29.9 Å². The van der Waals surface area contributed by atoms with Crippen LogP contribution in [0.3, 0.4) is 0 Å². The van der Waals surface area contributed by atoms with Gasteiger partial charge in [0.1, 0.15) is 18.5 Å². The van der Waals surface area contributed by atoms with Crippen LogP contribution in [0.25, 0.3) is 0 Å². The first-order valence-corrected chi connectivity index (χ1v) is 8.42. The van der Waals surface area contributed by atoms with Gasteiger partial charge in [0.15, 0.2) is 5.82 Å². The summed E-state index contributed by atoms with van der Waals surface area (Å²) < 4.78 is 6.89. The van der Waals surface area contributed by atoms with Gasteiger partial charge < -0.3 is 9.64 Å². The van der Waals surface area contributed by atoms with Crippen LogP contribution in [0.2, 0.25) is 0 Å². The molecule has 0 aromatic carbocycles. The Balaban J connectivity index is 1.66. The second kappa shape index (κ2) is 7.56. The molecule has 3 rings (SSSR count). The van der Waals surface area contributed by atoms with E-state index >= 15 is 0 Å². The molecule has 1 unspecified atom stereocenters. The first-order chi connectivity index (χ1) is 12.1. The van der Waals surface area contributed by atoms with Crippen LogP contribution < -0.4 is 5.56 Å². The summed E-state index contributed by atoms with van der Waals surface area (Å²) in [7, 11) is 0.